The van der Waals surface area contributed by atoms with E-state index in [0.717, 1.165) is 4.31 Å². The van der Waals surface area contributed by atoms with Crippen LogP contribution in [0.15, 0.2) is 23.1 Å². The first-order valence-corrected chi connectivity index (χ1v) is 9.39. The van der Waals surface area contributed by atoms with Gasteiger partial charge in [0, 0.05) is 32.9 Å². The highest BCUT2D eigenvalue weighted by Crippen LogP contribution is 2.23. The largest absolute Gasteiger partial charge is 0.481 e. The summed E-state index contributed by atoms with van der Waals surface area (Å²) in [4.78, 5) is 25.0. The molecule has 138 valence electrons. The molecule has 0 radical (unpaired) electrons. The second-order valence-electron chi connectivity index (χ2n) is 6.30. The van der Waals surface area contributed by atoms with E-state index in [0.29, 0.717) is 37.2 Å². The summed E-state index contributed by atoms with van der Waals surface area (Å²) in [6.45, 7) is 2.41. The molecule has 2 amide bonds. The Morgan fingerprint density at radius 3 is 2.36 bits per heavy atom. The lowest BCUT2D eigenvalue weighted by molar-refractivity contribution is -0.143. The third-order valence-electron chi connectivity index (χ3n) is 4.33. The zero-order valence-corrected chi connectivity index (χ0v) is 15.3. The van der Waals surface area contributed by atoms with E-state index in [1.165, 1.54) is 20.2 Å². The van der Waals surface area contributed by atoms with E-state index in [9.17, 15) is 18.0 Å². The van der Waals surface area contributed by atoms with Crippen molar-refractivity contribution in [1.29, 1.82) is 0 Å². The van der Waals surface area contributed by atoms with Crippen molar-refractivity contribution in [2.45, 2.75) is 24.7 Å². The van der Waals surface area contributed by atoms with Crippen molar-refractivity contribution in [2.24, 2.45) is 5.92 Å². The van der Waals surface area contributed by atoms with Gasteiger partial charge in [0.05, 0.1) is 10.8 Å². The number of piperidine rings is 1. The maximum atomic E-state index is 12.3. The number of sulfonamides is 1. The number of hydrogen-bond donors (Lipinski definition) is 2. The van der Waals surface area contributed by atoms with Gasteiger partial charge in [-0.2, -0.15) is 0 Å². The molecule has 1 fully saturated rings. The summed E-state index contributed by atoms with van der Waals surface area (Å²) in [6.07, 6.45) is 0.827. The number of amides is 2. The topological polar surface area (TPSA) is 107 Å². The SMILES string of the molecule is Cc1ccc(NC(=O)N2CCC(C(=O)O)CC2)cc1S(=O)(=O)N(C)C. The predicted octanol–water partition coefficient (Wildman–Crippen LogP) is 1.57. The third-order valence-corrected chi connectivity index (χ3v) is 6.29. The average Bonchev–Trinajstić information content (AvgIpc) is 2.56. The van der Waals surface area contributed by atoms with E-state index in [-0.39, 0.29) is 10.9 Å². The molecular weight excluding hydrogens is 346 g/mol. The smallest absolute Gasteiger partial charge is 0.321 e. The minimum atomic E-state index is -3.60. The van der Waals surface area contributed by atoms with Gasteiger partial charge in [-0.05, 0) is 37.5 Å². The van der Waals surface area contributed by atoms with Crippen molar-refractivity contribution in [2.75, 3.05) is 32.5 Å². The monoisotopic (exact) mass is 369 g/mol. The van der Waals surface area contributed by atoms with Crippen LogP contribution in [0.1, 0.15) is 18.4 Å². The zero-order valence-electron chi connectivity index (χ0n) is 14.5. The summed E-state index contributed by atoms with van der Waals surface area (Å²) >= 11 is 0. The van der Waals surface area contributed by atoms with Crippen LogP contribution in [0.5, 0.6) is 0 Å². The van der Waals surface area contributed by atoms with Gasteiger partial charge in [0.25, 0.3) is 0 Å². The van der Waals surface area contributed by atoms with E-state index in [4.69, 9.17) is 5.11 Å². The van der Waals surface area contributed by atoms with Crippen LogP contribution in [0, 0.1) is 12.8 Å². The lowest BCUT2D eigenvalue weighted by Gasteiger charge is -2.30. The Kier molecular flexibility index (Phi) is 5.69. The summed E-state index contributed by atoms with van der Waals surface area (Å²) in [5.74, 6) is -1.25. The molecule has 9 heteroatoms. The quantitative estimate of drug-likeness (QED) is 0.838. The first-order chi connectivity index (χ1) is 11.6. The molecule has 8 nitrogen and oxygen atoms in total. The molecule has 0 aliphatic carbocycles. The van der Waals surface area contributed by atoms with Gasteiger partial charge in [-0.1, -0.05) is 6.07 Å². The van der Waals surface area contributed by atoms with Gasteiger partial charge in [-0.25, -0.2) is 17.5 Å². The number of nitrogens with one attached hydrogen (secondary N) is 1. The number of aryl methyl sites for hydroxylation is 1. The molecule has 1 saturated heterocycles. The molecule has 2 N–H and O–H groups in total. The summed E-state index contributed by atoms with van der Waals surface area (Å²) in [7, 11) is -0.702. The van der Waals surface area contributed by atoms with Crippen LogP contribution in [0.25, 0.3) is 0 Å². The van der Waals surface area contributed by atoms with Crippen LogP contribution in [-0.2, 0) is 14.8 Å². The fourth-order valence-corrected chi connectivity index (χ4v) is 3.83. The minimum absolute atomic E-state index is 0.139. The highest BCUT2D eigenvalue weighted by molar-refractivity contribution is 7.89. The van der Waals surface area contributed by atoms with Gasteiger partial charge in [-0.3, -0.25) is 4.79 Å². The first kappa shape index (κ1) is 19.2. The van der Waals surface area contributed by atoms with Crippen molar-refractivity contribution < 1.29 is 23.1 Å². The van der Waals surface area contributed by atoms with Gasteiger partial charge < -0.3 is 15.3 Å². The Labute approximate surface area is 147 Å². The van der Waals surface area contributed by atoms with Crippen LogP contribution in [0.3, 0.4) is 0 Å². The maximum absolute atomic E-state index is 12.3. The zero-order chi connectivity index (χ0) is 18.8. The average molecular weight is 369 g/mol. The molecule has 1 heterocycles. The highest BCUT2D eigenvalue weighted by Gasteiger charge is 2.27. The molecule has 25 heavy (non-hydrogen) atoms. The maximum Gasteiger partial charge on any atom is 0.321 e. The fourth-order valence-electron chi connectivity index (χ4n) is 2.68. The fraction of sp³-hybridized carbons (Fsp3) is 0.500. The number of nitrogens with zero attached hydrogens (tertiary/aromatic N) is 2. The number of carbonyl (C=O) groups is 2. The normalized spacial score (nSPS) is 16.1. The standard InChI is InChI=1S/C16H23N3O5S/c1-11-4-5-13(10-14(11)25(23,24)18(2)3)17-16(22)19-8-6-12(7-9-19)15(20)21/h4-5,10,12H,6-9H2,1-3H3,(H,17,22)(H,20,21). The number of likely N-dealkylation sites (tertiary alicyclic amines) is 1. The molecular formula is C16H23N3O5S. The van der Waals surface area contributed by atoms with Crippen molar-refractivity contribution in [3.8, 4) is 0 Å². The van der Waals surface area contributed by atoms with Crippen LogP contribution in [0.4, 0.5) is 10.5 Å². The number of carboxylic acids is 1. The van der Waals surface area contributed by atoms with Crippen LogP contribution in [0.2, 0.25) is 0 Å². The second kappa shape index (κ2) is 7.40. The minimum Gasteiger partial charge on any atom is -0.481 e. The molecule has 0 saturated carbocycles. The van der Waals surface area contributed by atoms with E-state index in [1.807, 2.05) is 0 Å². The van der Waals surface area contributed by atoms with E-state index < -0.39 is 21.9 Å². The Bertz CT molecular complexity index is 768. The predicted molar refractivity (Wildman–Crippen MR) is 93.0 cm³/mol. The second-order valence-corrected chi connectivity index (χ2v) is 8.42. The molecule has 0 spiro atoms. The number of benzene rings is 1. The Balaban J connectivity index is 2.11. The van der Waals surface area contributed by atoms with Gasteiger partial charge >= 0.3 is 12.0 Å². The summed E-state index contributed by atoms with van der Waals surface area (Å²) in [5.41, 5.74) is 0.977. The van der Waals surface area contributed by atoms with Crippen molar-refractivity contribution in [3.63, 3.8) is 0 Å². The van der Waals surface area contributed by atoms with Crippen LogP contribution in [-0.4, -0.2) is 61.9 Å². The number of aliphatic carboxylic acids is 1. The third kappa shape index (κ3) is 4.29. The lowest BCUT2D eigenvalue weighted by atomic mass is 9.97. The molecule has 1 aliphatic heterocycles. The molecule has 0 unspecified atom stereocenters. The van der Waals surface area contributed by atoms with Crippen LogP contribution < -0.4 is 5.32 Å². The first-order valence-electron chi connectivity index (χ1n) is 7.95. The Morgan fingerprint density at radius 2 is 1.84 bits per heavy atom. The molecule has 2 rings (SSSR count). The number of carboxylic acid groups (broad SMARTS) is 1. The molecule has 0 bridgehead atoms. The number of carbonyl (C=O) groups excluding carboxylic acids is 1. The number of hydrogen-bond acceptors (Lipinski definition) is 4. The molecule has 0 aromatic heterocycles. The summed E-state index contributed by atoms with van der Waals surface area (Å²) in [6, 6.07) is 4.36. The van der Waals surface area contributed by atoms with Crippen molar-refractivity contribution >= 4 is 27.7 Å². The summed E-state index contributed by atoms with van der Waals surface area (Å²) < 4.78 is 25.8. The summed E-state index contributed by atoms with van der Waals surface area (Å²) in [5, 5.41) is 11.7. The molecule has 1 aliphatic rings. The lowest BCUT2D eigenvalue weighted by Crippen LogP contribution is -2.42. The van der Waals surface area contributed by atoms with Gasteiger partial charge in [0.2, 0.25) is 10.0 Å². The highest BCUT2D eigenvalue weighted by atomic mass is 32.2. The number of anilines is 1. The van der Waals surface area contributed by atoms with Gasteiger partial charge in [0.1, 0.15) is 0 Å². The molecule has 0 atom stereocenters. The van der Waals surface area contributed by atoms with Crippen molar-refractivity contribution in [3.05, 3.63) is 23.8 Å². The number of urea groups is 1. The molecule has 1 aromatic carbocycles. The van der Waals surface area contributed by atoms with E-state index >= 15 is 0 Å². The van der Waals surface area contributed by atoms with Gasteiger partial charge in [0.15, 0.2) is 0 Å². The van der Waals surface area contributed by atoms with E-state index in [2.05, 4.69) is 5.32 Å². The van der Waals surface area contributed by atoms with E-state index in [1.54, 1.807) is 24.0 Å². The number of rotatable bonds is 4. The van der Waals surface area contributed by atoms with Gasteiger partial charge in [-0.15, -0.1) is 0 Å². The Hall–Kier alpha value is -2.13. The van der Waals surface area contributed by atoms with Crippen molar-refractivity contribution in [1.82, 2.24) is 9.21 Å². The van der Waals surface area contributed by atoms with Crippen LogP contribution >= 0.6 is 0 Å². The molecule has 1 aromatic rings. The Morgan fingerprint density at radius 1 is 1.24 bits per heavy atom.